The molecule has 13 nitrogen and oxygen atoms in total. The number of aromatic nitrogens is 2. The van der Waals surface area contributed by atoms with E-state index in [0.717, 1.165) is 5.39 Å². The molecule has 252 valence electrons. The summed E-state index contributed by atoms with van der Waals surface area (Å²) in [6, 6.07) is 9.19. The Morgan fingerprint density at radius 2 is 1.81 bits per heavy atom. The Morgan fingerprint density at radius 3 is 2.55 bits per heavy atom. The van der Waals surface area contributed by atoms with Gasteiger partial charge in [0.2, 0.25) is 0 Å². The van der Waals surface area contributed by atoms with Crippen molar-refractivity contribution in [1.29, 1.82) is 0 Å². The number of ketones is 1. The Hall–Kier alpha value is -3.85. The van der Waals surface area contributed by atoms with Crippen LogP contribution < -0.4 is 5.32 Å². The molecule has 2 N–H and O–H groups in total. The molecule has 0 unspecified atom stereocenters. The number of esters is 1. The fourth-order valence-electron chi connectivity index (χ4n) is 5.90. The minimum absolute atomic E-state index is 0.00688. The number of halogens is 1. The summed E-state index contributed by atoms with van der Waals surface area (Å²) in [5.41, 5.74) is 0.670. The van der Waals surface area contributed by atoms with Crippen molar-refractivity contribution in [2.45, 2.75) is 69.2 Å². The van der Waals surface area contributed by atoms with Gasteiger partial charge in [0.15, 0.2) is 15.7 Å². The minimum Gasteiger partial charge on any atom is -0.457 e. The number of ether oxygens (including phenoxy) is 1. The summed E-state index contributed by atoms with van der Waals surface area (Å²) in [6.07, 6.45) is 2.09. The molecule has 2 amide bonds. The fraction of sp³-hybridized carbons (Fsp3) is 0.469. The van der Waals surface area contributed by atoms with Gasteiger partial charge in [-0.3, -0.25) is 9.59 Å². The molecular formula is C32H38ClN5O8S. The highest BCUT2D eigenvalue weighted by molar-refractivity contribution is 7.91. The average Bonchev–Trinajstić information content (AvgIpc) is 3.60. The smallest absolute Gasteiger partial charge is 0.330 e. The summed E-state index contributed by atoms with van der Waals surface area (Å²) in [5, 5.41) is 15.7. The monoisotopic (exact) mass is 687 g/mol. The van der Waals surface area contributed by atoms with Gasteiger partial charge in [-0.15, -0.1) is 0 Å². The highest BCUT2D eigenvalue weighted by Gasteiger charge is 2.38. The number of imidazole rings is 1. The van der Waals surface area contributed by atoms with Gasteiger partial charge in [-0.05, 0) is 67.8 Å². The number of hydrogen-bond donors (Lipinski definition) is 2. The van der Waals surface area contributed by atoms with Gasteiger partial charge in [-0.2, -0.15) is 0 Å². The van der Waals surface area contributed by atoms with Crippen LogP contribution in [0.15, 0.2) is 47.5 Å². The fourth-order valence-corrected chi connectivity index (χ4v) is 7.41. The molecule has 2 aliphatic rings. The molecule has 0 bridgehead atoms. The Kier molecular flexibility index (Phi) is 11.0. The molecule has 0 saturated carbocycles. The van der Waals surface area contributed by atoms with Crippen molar-refractivity contribution in [1.82, 2.24) is 24.7 Å². The topological polar surface area (TPSA) is 168 Å². The third-order valence-electron chi connectivity index (χ3n) is 8.44. The molecule has 0 aliphatic carbocycles. The molecule has 1 atom stereocenters. The Balaban J connectivity index is 1.08. The lowest BCUT2D eigenvalue weighted by Crippen LogP contribution is -2.50. The van der Waals surface area contributed by atoms with Gasteiger partial charge in [-0.1, -0.05) is 23.7 Å². The average molecular weight is 688 g/mol. The van der Waals surface area contributed by atoms with Crippen molar-refractivity contribution in [3.05, 3.63) is 59.1 Å². The highest BCUT2D eigenvalue weighted by Crippen LogP contribution is 2.27. The number of likely N-dealkylation sites (tertiary alicyclic amines) is 1. The van der Waals surface area contributed by atoms with Crippen LogP contribution >= 0.6 is 11.6 Å². The van der Waals surface area contributed by atoms with E-state index in [1.54, 1.807) is 35.4 Å². The maximum Gasteiger partial charge on any atom is 0.330 e. The van der Waals surface area contributed by atoms with Crippen LogP contribution in [0.25, 0.3) is 10.8 Å². The summed E-state index contributed by atoms with van der Waals surface area (Å²) in [7, 11) is -3.96. The zero-order valence-corrected chi connectivity index (χ0v) is 27.6. The number of carbonyl (C=O) groups excluding carboxylic acids is 4. The predicted molar refractivity (Wildman–Crippen MR) is 172 cm³/mol. The predicted octanol–water partition coefficient (Wildman–Crippen LogP) is 2.69. The molecule has 0 spiro atoms. The minimum atomic E-state index is -3.96. The summed E-state index contributed by atoms with van der Waals surface area (Å²) < 4.78 is 32.9. The van der Waals surface area contributed by atoms with E-state index in [1.807, 2.05) is 0 Å². The standard InChI is InChI=1S/C32H38ClN5O8S/c1-21(39)3-2-11-34-12-8-30(41)46-19-29-35-17-26-18-37(32(43)38(26)29)25-9-13-36(14-10-25)31(42)28(40)20-47(44,45)27-7-5-22-15-24(33)6-4-23(22)16-27/h4-7,15-17,25,28,34,40H,2-3,8-14,18-20H2,1H3/t28-/m1/s1. The zero-order chi connectivity index (χ0) is 33.7. The molecule has 1 saturated heterocycles. The number of rotatable bonds is 14. The van der Waals surface area contributed by atoms with Crippen LogP contribution in [-0.2, 0) is 42.1 Å². The van der Waals surface area contributed by atoms with Crippen LogP contribution in [0.5, 0.6) is 0 Å². The summed E-state index contributed by atoms with van der Waals surface area (Å²) in [4.78, 5) is 56.9. The van der Waals surface area contributed by atoms with E-state index >= 15 is 0 Å². The number of Topliss-reactive ketones (excluding diaryl/α,β-unsaturated/α-hetero) is 1. The molecule has 5 rings (SSSR count). The Morgan fingerprint density at radius 1 is 1.09 bits per heavy atom. The third kappa shape index (κ3) is 8.36. The van der Waals surface area contributed by atoms with Crippen molar-refractivity contribution in [2.24, 2.45) is 0 Å². The van der Waals surface area contributed by atoms with Gasteiger partial charge in [0.05, 0.1) is 35.5 Å². The van der Waals surface area contributed by atoms with Crippen LogP contribution in [0.1, 0.15) is 50.5 Å². The number of amides is 2. The number of benzene rings is 2. The third-order valence-corrected chi connectivity index (χ3v) is 10.4. The van der Waals surface area contributed by atoms with E-state index in [-0.39, 0.29) is 48.9 Å². The number of carbonyl (C=O) groups is 4. The van der Waals surface area contributed by atoms with E-state index < -0.39 is 33.6 Å². The van der Waals surface area contributed by atoms with E-state index in [1.165, 1.54) is 28.5 Å². The van der Waals surface area contributed by atoms with Crippen LogP contribution in [0.2, 0.25) is 5.02 Å². The van der Waals surface area contributed by atoms with Crippen molar-refractivity contribution >= 4 is 55.9 Å². The highest BCUT2D eigenvalue weighted by atomic mass is 35.5. The molecule has 3 heterocycles. The number of nitrogens with zero attached hydrogens (tertiary/aromatic N) is 4. The molecule has 3 aromatic rings. The van der Waals surface area contributed by atoms with E-state index in [9.17, 15) is 32.7 Å². The first-order valence-electron chi connectivity index (χ1n) is 15.5. The molecule has 1 fully saturated rings. The molecular weight excluding hydrogens is 650 g/mol. The van der Waals surface area contributed by atoms with Gasteiger partial charge >= 0.3 is 12.0 Å². The molecule has 1 aromatic heterocycles. The summed E-state index contributed by atoms with van der Waals surface area (Å²) >= 11 is 6.01. The van der Waals surface area contributed by atoms with Crippen molar-refractivity contribution in [3.8, 4) is 0 Å². The van der Waals surface area contributed by atoms with E-state index in [4.69, 9.17) is 16.3 Å². The van der Waals surface area contributed by atoms with Crippen LogP contribution in [0.4, 0.5) is 4.79 Å². The van der Waals surface area contributed by atoms with Gasteiger partial charge in [0, 0.05) is 37.1 Å². The maximum absolute atomic E-state index is 13.3. The maximum atomic E-state index is 13.3. The number of fused-ring (bicyclic) bond motifs is 2. The lowest BCUT2D eigenvalue weighted by Gasteiger charge is -2.37. The largest absolute Gasteiger partial charge is 0.457 e. The second-order valence-electron chi connectivity index (χ2n) is 11.9. The Bertz CT molecular complexity index is 1770. The van der Waals surface area contributed by atoms with Gasteiger partial charge < -0.3 is 29.8 Å². The first-order chi connectivity index (χ1) is 22.4. The molecule has 0 radical (unpaired) electrons. The second kappa shape index (κ2) is 14.9. The number of piperidine rings is 1. The van der Waals surface area contributed by atoms with Gasteiger partial charge in [0.1, 0.15) is 18.5 Å². The molecule has 15 heteroatoms. The van der Waals surface area contributed by atoms with Crippen molar-refractivity contribution < 1.29 is 37.4 Å². The van der Waals surface area contributed by atoms with Crippen LogP contribution in [0.3, 0.4) is 0 Å². The van der Waals surface area contributed by atoms with Crippen LogP contribution in [0, 0.1) is 0 Å². The zero-order valence-electron chi connectivity index (χ0n) is 26.1. The molecule has 2 aromatic carbocycles. The van der Waals surface area contributed by atoms with E-state index in [0.29, 0.717) is 67.2 Å². The first kappa shape index (κ1) is 34.5. The normalized spacial score (nSPS) is 16.0. The SMILES string of the molecule is CC(=O)CCCNCCC(=O)OCc1ncc2n1C(=O)N(C1CCN(C(=O)[C@H](O)CS(=O)(=O)c3ccc4cc(Cl)ccc4c3)CC1)C2. The summed E-state index contributed by atoms with van der Waals surface area (Å²) in [6.45, 7) is 3.26. The van der Waals surface area contributed by atoms with Gasteiger partial charge in [0.25, 0.3) is 5.91 Å². The van der Waals surface area contributed by atoms with Crippen molar-refractivity contribution in [2.75, 3.05) is 31.9 Å². The summed E-state index contributed by atoms with van der Waals surface area (Å²) in [5.74, 6) is -1.40. The number of nitrogens with one attached hydrogen (secondary N) is 1. The van der Waals surface area contributed by atoms with Crippen molar-refractivity contribution in [3.63, 3.8) is 0 Å². The van der Waals surface area contributed by atoms with E-state index in [2.05, 4.69) is 10.3 Å². The number of aliphatic hydroxyl groups is 1. The quantitative estimate of drug-likeness (QED) is 0.190. The Labute approximate surface area is 277 Å². The molecule has 2 aliphatic heterocycles. The number of aliphatic hydroxyl groups excluding tert-OH is 1. The molecule has 47 heavy (non-hydrogen) atoms. The lowest BCUT2D eigenvalue weighted by molar-refractivity contribution is -0.145. The van der Waals surface area contributed by atoms with Gasteiger partial charge in [-0.25, -0.2) is 22.8 Å². The first-order valence-corrected chi connectivity index (χ1v) is 17.6. The second-order valence-corrected chi connectivity index (χ2v) is 14.4. The number of hydrogen-bond acceptors (Lipinski definition) is 10. The van der Waals surface area contributed by atoms with Crippen LogP contribution in [-0.4, -0.2) is 101 Å². The number of sulfone groups is 1. The lowest BCUT2D eigenvalue weighted by atomic mass is 10.0.